The second-order valence-electron chi connectivity index (χ2n) is 5.38. The Balaban J connectivity index is 2.03. The third kappa shape index (κ3) is 4.35. The fourth-order valence-corrected chi connectivity index (χ4v) is 2.37. The Morgan fingerprint density at radius 2 is 1.83 bits per heavy atom. The molecule has 5 nitrogen and oxygen atoms in total. The van der Waals surface area contributed by atoms with E-state index >= 15 is 0 Å². The van der Waals surface area contributed by atoms with Crippen LogP contribution < -0.4 is 10.1 Å². The first-order chi connectivity index (χ1) is 11.5. The standard InChI is InChI=1S/C19H21NO4/c1-13-8-9-15(19(22)24-3)12-16(13)20-18(21)11-10-14-6-4-5-7-17(14)23-2/h4-9,12H,10-11H2,1-3H3,(H,20,21). The topological polar surface area (TPSA) is 64.6 Å². The molecule has 2 aromatic rings. The van der Waals surface area contributed by atoms with E-state index in [-0.39, 0.29) is 5.91 Å². The van der Waals surface area contributed by atoms with Crippen LogP contribution in [0.2, 0.25) is 0 Å². The minimum atomic E-state index is -0.431. The van der Waals surface area contributed by atoms with Crippen molar-refractivity contribution in [2.45, 2.75) is 19.8 Å². The lowest BCUT2D eigenvalue weighted by Gasteiger charge is -2.11. The van der Waals surface area contributed by atoms with Crippen LogP contribution in [-0.4, -0.2) is 26.1 Å². The number of aryl methyl sites for hydroxylation is 2. The second kappa shape index (κ2) is 8.15. The molecule has 0 aromatic heterocycles. The molecule has 0 atom stereocenters. The van der Waals surface area contributed by atoms with Crippen LogP contribution in [0.15, 0.2) is 42.5 Å². The summed E-state index contributed by atoms with van der Waals surface area (Å²) >= 11 is 0. The van der Waals surface area contributed by atoms with Crippen molar-refractivity contribution >= 4 is 17.6 Å². The fourth-order valence-electron chi connectivity index (χ4n) is 2.37. The Hall–Kier alpha value is -2.82. The minimum Gasteiger partial charge on any atom is -0.496 e. The van der Waals surface area contributed by atoms with Crippen molar-refractivity contribution < 1.29 is 19.1 Å². The van der Waals surface area contributed by atoms with E-state index in [2.05, 4.69) is 5.32 Å². The summed E-state index contributed by atoms with van der Waals surface area (Å²) in [6.07, 6.45) is 0.897. The van der Waals surface area contributed by atoms with E-state index < -0.39 is 5.97 Å². The molecule has 0 aliphatic rings. The molecule has 0 saturated carbocycles. The monoisotopic (exact) mass is 327 g/mol. The summed E-state index contributed by atoms with van der Waals surface area (Å²) in [6.45, 7) is 1.87. The van der Waals surface area contributed by atoms with Gasteiger partial charge in [0.25, 0.3) is 0 Å². The molecule has 0 saturated heterocycles. The van der Waals surface area contributed by atoms with Gasteiger partial charge in [0, 0.05) is 12.1 Å². The summed E-state index contributed by atoms with van der Waals surface area (Å²) in [5.41, 5.74) is 2.88. The van der Waals surface area contributed by atoms with Gasteiger partial charge in [-0.1, -0.05) is 24.3 Å². The molecule has 126 valence electrons. The molecular formula is C19H21NO4. The van der Waals surface area contributed by atoms with Crippen LogP contribution in [-0.2, 0) is 16.0 Å². The van der Waals surface area contributed by atoms with Gasteiger partial charge < -0.3 is 14.8 Å². The predicted molar refractivity (Wildman–Crippen MR) is 92.5 cm³/mol. The van der Waals surface area contributed by atoms with Crippen molar-refractivity contribution in [3.8, 4) is 5.75 Å². The van der Waals surface area contributed by atoms with Crippen LogP contribution in [0.25, 0.3) is 0 Å². The third-order valence-corrected chi connectivity index (χ3v) is 3.75. The van der Waals surface area contributed by atoms with Crippen LogP contribution in [0.3, 0.4) is 0 Å². The molecular weight excluding hydrogens is 306 g/mol. The molecule has 0 bridgehead atoms. The van der Waals surface area contributed by atoms with Gasteiger partial charge in [-0.25, -0.2) is 4.79 Å². The van der Waals surface area contributed by atoms with Gasteiger partial charge >= 0.3 is 5.97 Å². The molecule has 5 heteroatoms. The molecule has 0 aliphatic heterocycles. The molecule has 1 N–H and O–H groups in total. The molecule has 24 heavy (non-hydrogen) atoms. The number of esters is 1. The van der Waals surface area contributed by atoms with E-state index in [1.54, 1.807) is 25.3 Å². The maximum absolute atomic E-state index is 12.2. The quantitative estimate of drug-likeness (QED) is 0.826. The summed E-state index contributed by atoms with van der Waals surface area (Å²) in [4.78, 5) is 23.8. The van der Waals surface area contributed by atoms with Crippen LogP contribution in [0, 0.1) is 6.92 Å². The molecule has 0 aliphatic carbocycles. The number of carbonyl (C=O) groups excluding carboxylic acids is 2. The van der Waals surface area contributed by atoms with Gasteiger partial charge in [0.1, 0.15) is 5.75 Å². The third-order valence-electron chi connectivity index (χ3n) is 3.75. The lowest BCUT2D eigenvalue weighted by molar-refractivity contribution is -0.116. The maximum Gasteiger partial charge on any atom is 0.337 e. The van der Waals surface area contributed by atoms with Crippen molar-refractivity contribution in [3.63, 3.8) is 0 Å². The van der Waals surface area contributed by atoms with Gasteiger partial charge in [-0.3, -0.25) is 4.79 Å². The molecule has 0 spiro atoms. The zero-order valence-electron chi connectivity index (χ0n) is 14.1. The summed E-state index contributed by atoms with van der Waals surface area (Å²) in [5.74, 6) is 0.222. The van der Waals surface area contributed by atoms with Gasteiger partial charge in [-0.15, -0.1) is 0 Å². The van der Waals surface area contributed by atoms with E-state index in [0.29, 0.717) is 24.1 Å². The van der Waals surface area contributed by atoms with Crippen molar-refractivity contribution in [1.29, 1.82) is 0 Å². The van der Waals surface area contributed by atoms with Crippen LogP contribution in [0.1, 0.15) is 27.9 Å². The van der Waals surface area contributed by atoms with E-state index in [9.17, 15) is 9.59 Å². The predicted octanol–water partition coefficient (Wildman–Crippen LogP) is 3.36. The SMILES string of the molecule is COC(=O)c1ccc(C)c(NC(=O)CCc2ccccc2OC)c1. The lowest BCUT2D eigenvalue weighted by atomic mass is 10.1. The molecule has 2 aromatic carbocycles. The summed E-state index contributed by atoms with van der Waals surface area (Å²) in [5, 5.41) is 2.85. The van der Waals surface area contributed by atoms with Crippen LogP contribution >= 0.6 is 0 Å². The Morgan fingerprint density at radius 3 is 2.54 bits per heavy atom. The smallest absolute Gasteiger partial charge is 0.337 e. The summed E-state index contributed by atoms with van der Waals surface area (Å²) in [7, 11) is 2.94. The Morgan fingerprint density at radius 1 is 1.08 bits per heavy atom. The first-order valence-electron chi connectivity index (χ1n) is 7.66. The van der Waals surface area contributed by atoms with Crippen LogP contribution in [0.4, 0.5) is 5.69 Å². The number of para-hydroxylation sites is 1. The highest BCUT2D eigenvalue weighted by Gasteiger charge is 2.11. The largest absolute Gasteiger partial charge is 0.496 e. The average molecular weight is 327 g/mol. The highest BCUT2D eigenvalue weighted by molar-refractivity contribution is 5.95. The van der Waals surface area contributed by atoms with Crippen molar-refractivity contribution in [3.05, 3.63) is 59.2 Å². The normalized spacial score (nSPS) is 10.1. The first-order valence-corrected chi connectivity index (χ1v) is 7.66. The number of ether oxygens (including phenoxy) is 2. The maximum atomic E-state index is 12.2. The Kier molecular flexibility index (Phi) is 5.95. The van der Waals surface area contributed by atoms with Crippen molar-refractivity contribution in [2.75, 3.05) is 19.5 Å². The molecule has 1 amide bonds. The summed E-state index contributed by atoms with van der Waals surface area (Å²) in [6, 6.07) is 12.7. The van der Waals surface area contributed by atoms with Gasteiger partial charge in [0.15, 0.2) is 0 Å². The number of hydrogen-bond acceptors (Lipinski definition) is 4. The van der Waals surface area contributed by atoms with Crippen molar-refractivity contribution in [2.24, 2.45) is 0 Å². The minimum absolute atomic E-state index is 0.119. The number of rotatable bonds is 6. The molecule has 0 radical (unpaired) electrons. The van der Waals surface area contributed by atoms with E-state index in [0.717, 1.165) is 16.9 Å². The van der Waals surface area contributed by atoms with Gasteiger partial charge in [-0.2, -0.15) is 0 Å². The Labute approximate surface area is 141 Å². The van der Waals surface area contributed by atoms with Gasteiger partial charge in [0.05, 0.1) is 19.8 Å². The number of amides is 1. The average Bonchev–Trinajstić information content (AvgIpc) is 2.61. The first kappa shape index (κ1) is 17.5. The highest BCUT2D eigenvalue weighted by atomic mass is 16.5. The van der Waals surface area contributed by atoms with E-state index in [4.69, 9.17) is 9.47 Å². The van der Waals surface area contributed by atoms with Gasteiger partial charge in [-0.05, 0) is 42.7 Å². The van der Waals surface area contributed by atoms with Gasteiger partial charge in [0.2, 0.25) is 5.91 Å². The number of carbonyl (C=O) groups is 2. The van der Waals surface area contributed by atoms with E-state index in [1.165, 1.54) is 7.11 Å². The second-order valence-corrected chi connectivity index (χ2v) is 5.38. The van der Waals surface area contributed by atoms with Crippen LogP contribution in [0.5, 0.6) is 5.75 Å². The molecule has 2 rings (SSSR count). The molecule has 0 fully saturated rings. The zero-order chi connectivity index (χ0) is 17.5. The lowest BCUT2D eigenvalue weighted by Crippen LogP contribution is -2.14. The molecule has 0 unspecified atom stereocenters. The Bertz CT molecular complexity index is 740. The van der Waals surface area contributed by atoms with E-state index in [1.807, 2.05) is 31.2 Å². The fraction of sp³-hybridized carbons (Fsp3) is 0.263. The number of methoxy groups -OCH3 is 2. The zero-order valence-corrected chi connectivity index (χ0v) is 14.1. The molecule has 0 heterocycles. The number of hydrogen-bond donors (Lipinski definition) is 1. The van der Waals surface area contributed by atoms with Crippen molar-refractivity contribution in [1.82, 2.24) is 0 Å². The highest BCUT2D eigenvalue weighted by Crippen LogP contribution is 2.20. The number of nitrogens with one attached hydrogen (secondary N) is 1. The number of anilines is 1. The summed E-state index contributed by atoms with van der Waals surface area (Å²) < 4.78 is 9.99. The number of benzene rings is 2.